The van der Waals surface area contributed by atoms with Crippen LogP contribution < -0.4 is 10.6 Å². The molecule has 1 amide bonds. The second kappa shape index (κ2) is 12.7. The molecule has 0 fully saturated rings. The summed E-state index contributed by atoms with van der Waals surface area (Å²) in [4.78, 5) is 27.0. The number of hydrogen-bond acceptors (Lipinski definition) is 8. The van der Waals surface area contributed by atoms with Crippen LogP contribution in [0.2, 0.25) is 0 Å². The Morgan fingerprint density at radius 2 is 2.03 bits per heavy atom. The van der Waals surface area contributed by atoms with Gasteiger partial charge in [0.05, 0.1) is 4.92 Å². The maximum absolute atomic E-state index is 12.9. The van der Waals surface area contributed by atoms with Crippen molar-refractivity contribution in [2.45, 2.75) is 32.0 Å². The van der Waals surface area contributed by atoms with Crippen molar-refractivity contribution in [3.8, 4) is 0 Å². The Kier molecular flexibility index (Phi) is 9.36. The van der Waals surface area contributed by atoms with Gasteiger partial charge in [0.25, 0.3) is 11.6 Å². The highest BCUT2D eigenvalue weighted by Gasteiger charge is 2.37. The first kappa shape index (κ1) is 25.1. The molecule has 3 N–H and O–H groups in total. The molecular formula is C24H30N4O6. The third kappa shape index (κ3) is 6.75. The highest BCUT2D eigenvalue weighted by atomic mass is 16.7. The molecule has 1 aliphatic rings. The number of nitro groups is 1. The summed E-state index contributed by atoms with van der Waals surface area (Å²) in [6.45, 7) is 3.05. The molecule has 10 nitrogen and oxygen atoms in total. The topological polar surface area (TPSA) is 136 Å². The standard InChI is InChI=1S/C24H30N4O6/c1-2-33-24-19(9-6-14-29)20(17-7-4-3-5-8-17)15-21(34-24)23(30)26-13-12-25-22-11-10-18(16-27-22)28(31)32/h3-5,7-8,10-11,15-16,19-20,24,29H,2,6,9,12-14H2,1H3,(H,25,27)(H,26,30). The van der Waals surface area contributed by atoms with Crippen molar-refractivity contribution >= 4 is 17.4 Å². The van der Waals surface area contributed by atoms with Gasteiger partial charge in [-0.1, -0.05) is 30.3 Å². The summed E-state index contributed by atoms with van der Waals surface area (Å²) < 4.78 is 11.8. The molecule has 34 heavy (non-hydrogen) atoms. The van der Waals surface area contributed by atoms with Gasteiger partial charge in [0.2, 0.25) is 6.29 Å². The molecule has 3 atom stereocenters. The highest BCUT2D eigenvalue weighted by Crippen LogP contribution is 2.39. The van der Waals surface area contributed by atoms with E-state index in [2.05, 4.69) is 15.6 Å². The molecule has 1 aromatic heterocycles. The number of nitrogens with one attached hydrogen (secondary N) is 2. The number of amides is 1. The number of benzene rings is 1. The number of pyridine rings is 1. The molecule has 3 unspecified atom stereocenters. The molecule has 0 radical (unpaired) electrons. The van der Waals surface area contributed by atoms with Crippen molar-refractivity contribution in [2.75, 3.05) is 31.6 Å². The number of ether oxygens (including phenoxy) is 2. The Balaban J connectivity index is 1.65. The Morgan fingerprint density at radius 1 is 1.24 bits per heavy atom. The number of anilines is 1. The second-order valence-electron chi connectivity index (χ2n) is 7.78. The lowest BCUT2D eigenvalue weighted by Crippen LogP contribution is -2.39. The number of carbonyl (C=O) groups is 1. The molecule has 182 valence electrons. The van der Waals surface area contributed by atoms with Gasteiger partial charge < -0.3 is 25.2 Å². The van der Waals surface area contributed by atoms with Crippen molar-refractivity contribution in [2.24, 2.45) is 5.92 Å². The van der Waals surface area contributed by atoms with E-state index in [0.29, 0.717) is 38.4 Å². The monoisotopic (exact) mass is 470 g/mol. The third-order valence-corrected chi connectivity index (χ3v) is 5.50. The minimum absolute atomic E-state index is 0.0408. The van der Waals surface area contributed by atoms with E-state index in [9.17, 15) is 20.0 Å². The fourth-order valence-corrected chi connectivity index (χ4v) is 3.87. The van der Waals surface area contributed by atoms with Crippen LogP contribution in [0.4, 0.5) is 11.5 Å². The molecule has 0 saturated carbocycles. The molecule has 1 aromatic carbocycles. The smallest absolute Gasteiger partial charge is 0.287 e. The van der Waals surface area contributed by atoms with Crippen molar-refractivity contribution in [1.29, 1.82) is 0 Å². The van der Waals surface area contributed by atoms with Crippen molar-refractivity contribution in [3.63, 3.8) is 0 Å². The Bertz CT molecular complexity index is 967. The first-order valence-electron chi connectivity index (χ1n) is 11.3. The van der Waals surface area contributed by atoms with Crippen LogP contribution in [0, 0.1) is 16.0 Å². The van der Waals surface area contributed by atoms with Gasteiger partial charge in [-0.3, -0.25) is 14.9 Å². The second-order valence-corrected chi connectivity index (χ2v) is 7.78. The first-order chi connectivity index (χ1) is 16.5. The normalized spacial score (nSPS) is 19.6. The van der Waals surface area contributed by atoms with Gasteiger partial charge in [0, 0.05) is 44.2 Å². The zero-order valence-corrected chi connectivity index (χ0v) is 19.1. The van der Waals surface area contributed by atoms with Crippen molar-refractivity contribution in [3.05, 3.63) is 76.2 Å². The highest BCUT2D eigenvalue weighted by molar-refractivity contribution is 5.91. The van der Waals surface area contributed by atoms with E-state index in [1.54, 1.807) is 0 Å². The van der Waals surface area contributed by atoms with Gasteiger partial charge in [-0.15, -0.1) is 0 Å². The molecule has 1 aliphatic heterocycles. The van der Waals surface area contributed by atoms with Crippen LogP contribution in [0.5, 0.6) is 0 Å². The van der Waals surface area contributed by atoms with Gasteiger partial charge in [-0.2, -0.15) is 0 Å². The zero-order valence-electron chi connectivity index (χ0n) is 19.1. The minimum atomic E-state index is -0.602. The van der Waals surface area contributed by atoms with E-state index in [0.717, 1.165) is 5.56 Å². The van der Waals surface area contributed by atoms with E-state index in [1.807, 2.05) is 43.3 Å². The molecule has 3 rings (SSSR count). The maximum Gasteiger partial charge on any atom is 0.287 e. The summed E-state index contributed by atoms with van der Waals surface area (Å²) in [5.41, 5.74) is 0.962. The first-order valence-corrected chi connectivity index (χ1v) is 11.3. The van der Waals surface area contributed by atoms with Crippen LogP contribution in [0.3, 0.4) is 0 Å². The number of aromatic nitrogens is 1. The van der Waals surface area contributed by atoms with Crippen LogP contribution in [0.1, 0.15) is 31.2 Å². The molecule has 0 spiro atoms. The number of rotatable bonds is 12. The third-order valence-electron chi connectivity index (χ3n) is 5.50. The van der Waals surface area contributed by atoms with E-state index in [4.69, 9.17) is 9.47 Å². The maximum atomic E-state index is 12.9. The average Bonchev–Trinajstić information content (AvgIpc) is 2.86. The van der Waals surface area contributed by atoms with Crippen molar-refractivity contribution in [1.82, 2.24) is 10.3 Å². The predicted molar refractivity (Wildman–Crippen MR) is 126 cm³/mol. The summed E-state index contributed by atoms with van der Waals surface area (Å²) >= 11 is 0. The van der Waals surface area contributed by atoms with E-state index in [-0.39, 0.29) is 35.8 Å². The molecule has 2 aromatic rings. The number of nitrogens with zero attached hydrogens (tertiary/aromatic N) is 2. The minimum Gasteiger partial charge on any atom is -0.459 e. The van der Waals surface area contributed by atoms with Gasteiger partial charge in [0.1, 0.15) is 12.0 Å². The van der Waals surface area contributed by atoms with E-state index >= 15 is 0 Å². The van der Waals surface area contributed by atoms with E-state index < -0.39 is 11.2 Å². The van der Waals surface area contributed by atoms with Crippen LogP contribution in [0.25, 0.3) is 0 Å². The number of hydrogen-bond donors (Lipinski definition) is 3. The van der Waals surface area contributed by atoms with E-state index in [1.165, 1.54) is 18.3 Å². The van der Waals surface area contributed by atoms with Gasteiger partial charge in [-0.05, 0) is 37.5 Å². The molecule has 0 bridgehead atoms. The predicted octanol–water partition coefficient (Wildman–Crippen LogP) is 2.97. The summed E-state index contributed by atoms with van der Waals surface area (Å²) in [6.07, 6.45) is 3.70. The fraction of sp³-hybridized carbons (Fsp3) is 0.417. The average molecular weight is 471 g/mol. The van der Waals surface area contributed by atoms with Crippen LogP contribution in [-0.2, 0) is 14.3 Å². The summed E-state index contributed by atoms with van der Waals surface area (Å²) in [5, 5.41) is 25.9. The molecule has 0 aliphatic carbocycles. The summed E-state index contributed by atoms with van der Waals surface area (Å²) in [6, 6.07) is 12.7. The Labute approximate surface area is 198 Å². The summed E-state index contributed by atoms with van der Waals surface area (Å²) in [5.74, 6) is 0.174. The van der Waals surface area contributed by atoms with Gasteiger partial charge in [-0.25, -0.2) is 4.98 Å². The van der Waals surface area contributed by atoms with Crippen LogP contribution >= 0.6 is 0 Å². The quantitative estimate of drug-likeness (QED) is 0.245. The SMILES string of the molecule is CCOC1OC(C(=O)NCCNc2ccc([N+](=O)[O-])cn2)=CC(c2ccccc2)C1CCCO. The largest absolute Gasteiger partial charge is 0.459 e. The Morgan fingerprint density at radius 3 is 2.68 bits per heavy atom. The number of allylic oxidation sites excluding steroid dienone is 1. The number of aliphatic hydroxyl groups excluding tert-OH is 1. The van der Waals surface area contributed by atoms with Gasteiger partial charge in [0.15, 0.2) is 5.76 Å². The molecule has 10 heteroatoms. The zero-order chi connectivity index (χ0) is 24.3. The lowest BCUT2D eigenvalue weighted by molar-refractivity contribution is -0.385. The fourth-order valence-electron chi connectivity index (χ4n) is 3.87. The number of carbonyl (C=O) groups excluding carboxylic acids is 1. The van der Waals surface area contributed by atoms with Gasteiger partial charge >= 0.3 is 0 Å². The Hall–Kier alpha value is -3.50. The molecule has 0 saturated heterocycles. The van der Waals surface area contributed by atoms with Crippen LogP contribution in [0.15, 0.2) is 60.5 Å². The van der Waals surface area contributed by atoms with Crippen molar-refractivity contribution < 1.29 is 24.3 Å². The lowest BCUT2D eigenvalue weighted by Gasteiger charge is -2.37. The molecule has 2 heterocycles. The lowest BCUT2D eigenvalue weighted by atomic mass is 9.80. The number of aliphatic hydroxyl groups is 1. The van der Waals surface area contributed by atoms with Crippen LogP contribution in [-0.4, -0.2) is 53.5 Å². The summed E-state index contributed by atoms with van der Waals surface area (Å²) in [7, 11) is 0. The molecular weight excluding hydrogens is 440 g/mol.